The molecule has 0 aromatic heterocycles. The summed E-state index contributed by atoms with van der Waals surface area (Å²) in [5.74, 6) is 0.804. The van der Waals surface area contributed by atoms with E-state index in [0.717, 1.165) is 19.5 Å². The first-order chi connectivity index (χ1) is 14.5. The van der Waals surface area contributed by atoms with E-state index in [-0.39, 0.29) is 0 Å². The maximum Gasteiger partial charge on any atom is 0.0768 e. The molecule has 3 fully saturated rings. The fourth-order valence-electron chi connectivity index (χ4n) is 6.43. The zero-order chi connectivity index (χ0) is 21.0. The van der Waals surface area contributed by atoms with Gasteiger partial charge in [-0.2, -0.15) is 0 Å². The molecule has 2 atom stereocenters. The average Bonchev–Trinajstić information content (AvgIpc) is 2.75. The number of rotatable bonds is 6. The number of aliphatic hydroxyl groups is 1. The number of benzene rings is 1. The van der Waals surface area contributed by atoms with Crippen molar-refractivity contribution in [2.75, 3.05) is 39.3 Å². The molecule has 0 bridgehead atoms. The van der Waals surface area contributed by atoms with Crippen LogP contribution >= 0.6 is 0 Å². The van der Waals surface area contributed by atoms with Crippen LogP contribution in [0.25, 0.3) is 0 Å². The molecule has 0 radical (unpaired) electrons. The van der Waals surface area contributed by atoms with E-state index in [9.17, 15) is 5.11 Å². The van der Waals surface area contributed by atoms with E-state index in [4.69, 9.17) is 0 Å². The maximum absolute atomic E-state index is 12.5. The van der Waals surface area contributed by atoms with Crippen LogP contribution in [0, 0.1) is 25.7 Å². The Kier molecular flexibility index (Phi) is 7.54. The van der Waals surface area contributed by atoms with E-state index < -0.39 is 5.60 Å². The van der Waals surface area contributed by atoms with Gasteiger partial charge in [-0.1, -0.05) is 43.0 Å². The summed E-state index contributed by atoms with van der Waals surface area (Å²) in [4.78, 5) is 5.32. The Morgan fingerprint density at radius 2 is 1.33 bits per heavy atom. The Morgan fingerprint density at radius 1 is 0.800 bits per heavy atom. The molecule has 1 N–H and O–H groups in total. The molecule has 168 valence electrons. The van der Waals surface area contributed by atoms with Gasteiger partial charge in [0.15, 0.2) is 0 Å². The van der Waals surface area contributed by atoms with Crippen molar-refractivity contribution in [1.82, 2.24) is 9.80 Å². The van der Waals surface area contributed by atoms with Crippen molar-refractivity contribution in [3.05, 3.63) is 34.9 Å². The van der Waals surface area contributed by atoms with Crippen molar-refractivity contribution in [2.24, 2.45) is 11.8 Å². The highest BCUT2D eigenvalue weighted by molar-refractivity contribution is 5.32. The summed E-state index contributed by atoms with van der Waals surface area (Å²) in [5, 5.41) is 12.5. The summed E-state index contributed by atoms with van der Waals surface area (Å²) >= 11 is 0. The van der Waals surface area contributed by atoms with E-state index in [1.807, 2.05) is 0 Å². The van der Waals surface area contributed by atoms with Crippen LogP contribution in [0.4, 0.5) is 0 Å². The van der Waals surface area contributed by atoms with Crippen LogP contribution in [0.15, 0.2) is 18.2 Å². The highest BCUT2D eigenvalue weighted by Crippen LogP contribution is 2.42. The molecule has 0 amide bonds. The molecule has 1 aromatic carbocycles. The second-order valence-electron chi connectivity index (χ2n) is 10.6. The third-order valence-corrected chi connectivity index (χ3v) is 8.35. The smallest absolute Gasteiger partial charge is 0.0768 e. The predicted octanol–water partition coefficient (Wildman–Crippen LogP) is 4.97. The summed E-state index contributed by atoms with van der Waals surface area (Å²) in [7, 11) is 0. The van der Waals surface area contributed by atoms with Crippen molar-refractivity contribution in [1.29, 1.82) is 0 Å². The van der Waals surface area contributed by atoms with Gasteiger partial charge in [0.1, 0.15) is 0 Å². The Hall–Kier alpha value is -0.900. The van der Waals surface area contributed by atoms with Crippen molar-refractivity contribution in [3.8, 4) is 0 Å². The Labute approximate surface area is 184 Å². The molecule has 1 saturated carbocycles. The third-order valence-electron chi connectivity index (χ3n) is 8.35. The second-order valence-corrected chi connectivity index (χ2v) is 10.6. The van der Waals surface area contributed by atoms with Crippen LogP contribution in [0.5, 0.6) is 0 Å². The first-order valence-electron chi connectivity index (χ1n) is 12.8. The number of likely N-dealkylation sites (tertiary alicyclic amines) is 2. The van der Waals surface area contributed by atoms with Gasteiger partial charge in [-0.15, -0.1) is 0 Å². The van der Waals surface area contributed by atoms with Gasteiger partial charge in [0.25, 0.3) is 0 Å². The van der Waals surface area contributed by atoms with Gasteiger partial charge in [0.2, 0.25) is 0 Å². The van der Waals surface area contributed by atoms with Gasteiger partial charge in [-0.3, -0.25) is 0 Å². The van der Waals surface area contributed by atoms with Gasteiger partial charge in [-0.25, -0.2) is 0 Å². The zero-order valence-electron chi connectivity index (χ0n) is 19.5. The minimum absolute atomic E-state index is 0.402. The minimum Gasteiger partial charge on any atom is -0.389 e. The lowest BCUT2D eigenvalue weighted by atomic mass is 9.65. The largest absolute Gasteiger partial charge is 0.389 e. The van der Waals surface area contributed by atoms with Gasteiger partial charge < -0.3 is 14.9 Å². The van der Waals surface area contributed by atoms with Crippen molar-refractivity contribution < 1.29 is 5.11 Å². The topological polar surface area (TPSA) is 26.7 Å². The average molecular weight is 413 g/mol. The SMILES string of the molecule is Cc1ccc(C)c(CC2(O)C(CN3CCCCC3)CCCC2CN2CCCCC2)c1. The molecule has 2 heterocycles. The lowest BCUT2D eigenvalue weighted by Gasteiger charge is -2.50. The molecule has 2 unspecified atom stereocenters. The minimum atomic E-state index is -0.578. The van der Waals surface area contributed by atoms with Crippen LogP contribution in [0.2, 0.25) is 0 Å². The highest BCUT2D eigenvalue weighted by atomic mass is 16.3. The van der Waals surface area contributed by atoms with Crippen molar-refractivity contribution in [3.63, 3.8) is 0 Å². The highest BCUT2D eigenvalue weighted by Gasteiger charge is 2.47. The number of hydrogen-bond acceptors (Lipinski definition) is 3. The van der Waals surface area contributed by atoms with Gasteiger partial charge in [0.05, 0.1) is 5.60 Å². The molecule has 3 aliphatic rings. The van der Waals surface area contributed by atoms with Gasteiger partial charge in [0, 0.05) is 31.3 Å². The number of aryl methyl sites for hydroxylation is 2. The molecule has 2 saturated heterocycles. The second kappa shape index (κ2) is 10.1. The molecule has 3 nitrogen and oxygen atoms in total. The molecule has 0 spiro atoms. The van der Waals surface area contributed by atoms with Crippen LogP contribution in [0.3, 0.4) is 0 Å². The molecule has 30 heavy (non-hydrogen) atoms. The zero-order valence-corrected chi connectivity index (χ0v) is 19.5. The van der Waals surface area contributed by atoms with E-state index >= 15 is 0 Å². The molecular formula is C27H44N2O. The maximum atomic E-state index is 12.5. The van der Waals surface area contributed by atoms with E-state index in [1.54, 1.807) is 0 Å². The molecular weight excluding hydrogens is 368 g/mol. The monoisotopic (exact) mass is 412 g/mol. The van der Waals surface area contributed by atoms with E-state index in [0.29, 0.717) is 11.8 Å². The third kappa shape index (κ3) is 5.29. The Bertz CT molecular complexity index is 647. The quantitative estimate of drug-likeness (QED) is 0.715. The number of nitrogens with zero attached hydrogens (tertiary/aromatic N) is 2. The summed E-state index contributed by atoms with van der Waals surface area (Å²) in [5.41, 5.74) is 3.45. The number of piperidine rings is 2. The summed E-state index contributed by atoms with van der Waals surface area (Å²) in [6, 6.07) is 6.79. The Balaban J connectivity index is 1.57. The first-order valence-corrected chi connectivity index (χ1v) is 12.8. The summed E-state index contributed by atoms with van der Waals surface area (Å²) in [6.45, 7) is 11.5. The summed E-state index contributed by atoms with van der Waals surface area (Å²) < 4.78 is 0. The summed E-state index contributed by atoms with van der Waals surface area (Å²) in [6.07, 6.45) is 12.6. The van der Waals surface area contributed by atoms with E-state index in [1.165, 1.54) is 101 Å². The Morgan fingerprint density at radius 3 is 1.87 bits per heavy atom. The lowest BCUT2D eigenvalue weighted by molar-refractivity contribution is -0.112. The van der Waals surface area contributed by atoms with Crippen LogP contribution in [-0.2, 0) is 6.42 Å². The molecule has 3 heteroatoms. The molecule has 1 aliphatic carbocycles. The fourth-order valence-corrected chi connectivity index (χ4v) is 6.43. The van der Waals surface area contributed by atoms with Crippen molar-refractivity contribution >= 4 is 0 Å². The normalized spacial score (nSPS) is 31.7. The number of hydrogen-bond donors (Lipinski definition) is 1. The fraction of sp³-hybridized carbons (Fsp3) is 0.778. The first kappa shape index (κ1) is 22.3. The predicted molar refractivity (Wildman–Crippen MR) is 126 cm³/mol. The van der Waals surface area contributed by atoms with Crippen LogP contribution < -0.4 is 0 Å². The molecule has 2 aliphatic heterocycles. The molecule has 1 aromatic rings. The van der Waals surface area contributed by atoms with Gasteiger partial charge >= 0.3 is 0 Å². The van der Waals surface area contributed by atoms with E-state index in [2.05, 4.69) is 41.8 Å². The standard InChI is InChI=1S/C27H44N2O/c1-22-12-13-23(2)24(18-22)19-27(30)25(20-28-14-5-3-6-15-28)10-9-11-26(27)21-29-16-7-4-8-17-29/h12-13,18,25-26,30H,3-11,14-17,19-21H2,1-2H3. The van der Waals surface area contributed by atoms with Crippen molar-refractivity contribution in [2.45, 2.75) is 83.7 Å². The van der Waals surface area contributed by atoms with Crippen LogP contribution in [0.1, 0.15) is 74.5 Å². The lowest BCUT2D eigenvalue weighted by Crippen LogP contribution is -2.57. The van der Waals surface area contributed by atoms with Crippen LogP contribution in [-0.4, -0.2) is 59.8 Å². The molecule has 4 rings (SSSR count). The van der Waals surface area contributed by atoms with Gasteiger partial charge in [-0.05, 0) is 89.7 Å².